The van der Waals surface area contributed by atoms with Gasteiger partial charge >= 0.3 is 5.97 Å². The Morgan fingerprint density at radius 1 is 0.929 bits per heavy atom. The summed E-state index contributed by atoms with van der Waals surface area (Å²) in [5.41, 5.74) is 2.85. The Labute approximate surface area is 172 Å². The number of hydrogen-bond donors (Lipinski definition) is 1. The second-order valence-electron chi connectivity index (χ2n) is 9.16. The first kappa shape index (κ1) is 24.5. The second-order valence-corrected chi connectivity index (χ2v) is 9.16. The fourth-order valence-electron chi connectivity index (χ4n) is 3.68. The number of aromatic hydroxyl groups is 1. The van der Waals surface area contributed by atoms with Gasteiger partial charge in [0.2, 0.25) is 0 Å². The summed E-state index contributed by atoms with van der Waals surface area (Å²) in [6.45, 7) is 10.8. The molecular formula is C25H42O3. The van der Waals surface area contributed by atoms with Gasteiger partial charge in [0.1, 0.15) is 5.75 Å². The van der Waals surface area contributed by atoms with Crippen LogP contribution in [0.1, 0.15) is 102 Å². The molecule has 0 aliphatic heterocycles. The van der Waals surface area contributed by atoms with Crippen molar-refractivity contribution < 1.29 is 14.6 Å². The zero-order valence-electron chi connectivity index (χ0n) is 18.9. The van der Waals surface area contributed by atoms with Crippen molar-refractivity contribution in [2.75, 3.05) is 6.61 Å². The van der Waals surface area contributed by atoms with Gasteiger partial charge in [-0.25, -0.2) is 0 Å². The highest BCUT2D eigenvalue weighted by molar-refractivity contribution is 5.69. The van der Waals surface area contributed by atoms with E-state index < -0.39 is 0 Å². The highest BCUT2D eigenvalue weighted by Crippen LogP contribution is 2.28. The minimum atomic E-state index is -0.121. The van der Waals surface area contributed by atoms with Crippen molar-refractivity contribution in [1.29, 1.82) is 0 Å². The van der Waals surface area contributed by atoms with Gasteiger partial charge in [-0.2, -0.15) is 0 Å². The summed E-state index contributed by atoms with van der Waals surface area (Å²) in [6.07, 6.45) is 12.6. The molecule has 0 saturated carbocycles. The van der Waals surface area contributed by atoms with Gasteiger partial charge in [0.05, 0.1) is 6.61 Å². The minimum absolute atomic E-state index is 0.0749. The molecule has 0 amide bonds. The van der Waals surface area contributed by atoms with Gasteiger partial charge in [0.15, 0.2) is 0 Å². The van der Waals surface area contributed by atoms with Crippen LogP contribution in [0.3, 0.4) is 0 Å². The van der Waals surface area contributed by atoms with Gasteiger partial charge in [0.25, 0.3) is 0 Å². The molecule has 1 aromatic carbocycles. The lowest BCUT2D eigenvalue weighted by atomic mass is 9.85. The lowest BCUT2D eigenvalue weighted by molar-refractivity contribution is -0.146. The molecule has 0 atom stereocenters. The predicted molar refractivity (Wildman–Crippen MR) is 118 cm³/mol. The maximum Gasteiger partial charge on any atom is 0.305 e. The van der Waals surface area contributed by atoms with E-state index in [0.717, 1.165) is 30.4 Å². The number of phenols is 1. The van der Waals surface area contributed by atoms with Crippen molar-refractivity contribution >= 4 is 5.97 Å². The number of ether oxygens (including phenoxy) is 1. The Hall–Kier alpha value is -1.51. The van der Waals surface area contributed by atoms with Crippen LogP contribution in [0.4, 0.5) is 0 Å². The third-order valence-electron chi connectivity index (χ3n) is 5.34. The van der Waals surface area contributed by atoms with E-state index in [1.54, 1.807) is 0 Å². The largest absolute Gasteiger partial charge is 0.507 e. The first-order valence-electron chi connectivity index (χ1n) is 11.2. The van der Waals surface area contributed by atoms with E-state index in [2.05, 4.69) is 20.8 Å². The Morgan fingerprint density at radius 2 is 1.43 bits per heavy atom. The molecule has 0 spiro atoms. The second kappa shape index (κ2) is 12.9. The standard InChI is InChI=1S/C25H42O3/c1-6-7-8-9-10-11-12-13-14-15-23(26)28-19-25(4,5)18-22-16-20(2)24(27)21(3)17-22/h16-17,27H,6-15,18-19H2,1-5H3. The molecule has 0 aromatic heterocycles. The van der Waals surface area contributed by atoms with Gasteiger partial charge in [0, 0.05) is 11.8 Å². The van der Waals surface area contributed by atoms with E-state index in [1.165, 1.54) is 50.5 Å². The molecule has 0 heterocycles. The van der Waals surface area contributed by atoms with Crippen LogP contribution in [0.2, 0.25) is 0 Å². The van der Waals surface area contributed by atoms with Crippen molar-refractivity contribution in [2.24, 2.45) is 5.41 Å². The fourth-order valence-corrected chi connectivity index (χ4v) is 3.68. The Bertz CT molecular complexity index is 566. The molecule has 3 nitrogen and oxygen atoms in total. The molecule has 0 bridgehead atoms. The number of hydrogen-bond acceptors (Lipinski definition) is 3. The van der Waals surface area contributed by atoms with Crippen molar-refractivity contribution in [3.8, 4) is 5.75 Å². The zero-order valence-corrected chi connectivity index (χ0v) is 18.9. The van der Waals surface area contributed by atoms with Crippen molar-refractivity contribution in [3.63, 3.8) is 0 Å². The van der Waals surface area contributed by atoms with Gasteiger partial charge in [-0.1, -0.05) is 84.3 Å². The number of aryl methyl sites for hydroxylation is 2. The molecule has 160 valence electrons. The maximum atomic E-state index is 12.0. The van der Waals surface area contributed by atoms with Crippen LogP contribution in [-0.4, -0.2) is 17.7 Å². The van der Waals surface area contributed by atoms with Crippen molar-refractivity contribution in [2.45, 2.75) is 105 Å². The van der Waals surface area contributed by atoms with Crippen LogP contribution in [0.15, 0.2) is 12.1 Å². The highest BCUT2D eigenvalue weighted by atomic mass is 16.5. The smallest absolute Gasteiger partial charge is 0.305 e. The van der Waals surface area contributed by atoms with E-state index in [4.69, 9.17) is 4.74 Å². The molecule has 1 rings (SSSR count). The number of benzene rings is 1. The summed E-state index contributed by atoms with van der Waals surface area (Å²) in [6, 6.07) is 4.04. The Kier molecular flexibility index (Phi) is 11.3. The minimum Gasteiger partial charge on any atom is -0.507 e. The molecular weight excluding hydrogens is 348 g/mol. The van der Waals surface area contributed by atoms with E-state index >= 15 is 0 Å². The van der Waals surface area contributed by atoms with E-state index in [1.807, 2.05) is 26.0 Å². The lowest BCUT2D eigenvalue weighted by Crippen LogP contribution is -2.24. The zero-order chi connectivity index (χ0) is 21.0. The molecule has 28 heavy (non-hydrogen) atoms. The molecule has 0 aliphatic rings. The number of carbonyl (C=O) groups is 1. The average Bonchev–Trinajstić information content (AvgIpc) is 2.63. The number of esters is 1. The number of unbranched alkanes of at least 4 members (excludes halogenated alkanes) is 8. The first-order valence-corrected chi connectivity index (χ1v) is 11.2. The summed E-state index contributed by atoms with van der Waals surface area (Å²) in [5.74, 6) is 0.294. The van der Waals surface area contributed by atoms with Crippen LogP contribution in [-0.2, 0) is 16.0 Å². The van der Waals surface area contributed by atoms with Crippen molar-refractivity contribution in [3.05, 3.63) is 28.8 Å². The third kappa shape index (κ3) is 10.1. The molecule has 0 radical (unpaired) electrons. The summed E-state index contributed by atoms with van der Waals surface area (Å²) in [5, 5.41) is 9.92. The first-order chi connectivity index (χ1) is 13.2. The normalized spacial score (nSPS) is 11.6. The molecule has 0 saturated heterocycles. The van der Waals surface area contributed by atoms with Crippen LogP contribution in [0.5, 0.6) is 5.75 Å². The average molecular weight is 391 g/mol. The summed E-state index contributed by atoms with van der Waals surface area (Å²) >= 11 is 0. The van der Waals surface area contributed by atoms with E-state index in [9.17, 15) is 9.90 Å². The monoisotopic (exact) mass is 390 g/mol. The molecule has 0 aliphatic carbocycles. The van der Waals surface area contributed by atoms with Gasteiger partial charge in [-0.05, 0) is 43.4 Å². The molecule has 1 N–H and O–H groups in total. The molecule has 0 unspecified atom stereocenters. The van der Waals surface area contributed by atoms with Crippen LogP contribution >= 0.6 is 0 Å². The van der Waals surface area contributed by atoms with Gasteiger partial charge < -0.3 is 9.84 Å². The topological polar surface area (TPSA) is 46.5 Å². The molecule has 1 aromatic rings. The Morgan fingerprint density at radius 3 is 1.96 bits per heavy atom. The van der Waals surface area contributed by atoms with E-state index in [-0.39, 0.29) is 11.4 Å². The predicted octanol–water partition coefficient (Wildman–Crippen LogP) is 7.04. The summed E-state index contributed by atoms with van der Waals surface area (Å²) in [4.78, 5) is 12.0. The van der Waals surface area contributed by atoms with E-state index in [0.29, 0.717) is 18.8 Å². The summed E-state index contributed by atoms with van der Waals surface area (Å²) < 4.78 is 5.55. The quantitative estimate of drug-likeness (QED) is 0.274. The number of rotatable bonds is 14. The third-order valence-corrected chi connectivity index (χ3v) is 5.34. The number of carbonyl (C=O) groups excluding carboxylic acids is 1. The lowest BCUT2D eigenvalue weighted by Gasteiger charge is -2.25. The molecule has 3 heteroatoms. The fraction of sp³-hybridized carbons (Fsp3) is 0.720. The van der Waals surface area contributed by atoms with Gasteiger partial charge in [-0.15, -0.1) is 0 Å². The van der Waals surface area contributed by atoms with Crippen LogP contribution in [0.25, 0.3) is 0 Å². The SMILES string of the molecule is CCCCCCCCCCCC(=O)OCC(C)(C)Cc1cc(C)c(O)c(C)c1. The molecule has 0 fully saturated rings. The number of phenolic OH excluding ortho intramolecular Hbond substituents is 1. The van der Waals surface area contributed by atoms with Crippen molar-refractivity contribution in [1.82, 2.24) is 0 Å². The highest BCUT2D eigenvalue weighted by Gasteiger charge is 2.21. The van der Waals surface area contributed by atoms with Gasteiger partial charge in [-0.3, -0.25) is 4.79 Å². The van der Waals surface area contributed by atoms with Crippen LogP contribution in [0, 0.1) is 19.3 Å². The maximum absolute atomic E-state index is 12.0. The Balaban J connectivity index is 2.21. The summed E-state index contributed by atoms with van der Waals surface area (Å²) in [7, 11) is 0. The van der Waals surface area contributed by atoms with Crippen LogP contribution < -0.4 is 0 Å².